The third-order valence-electron chi connectivity index (χ3n) is 2.41. The first-order valence-electron chi connectivity index (χ1n) is 4.35. The van der Waals surface area contributed by atoms with E-state index in [-0.39, 0.29) is 0 Å². The Labute approximate surface area is 77.7 Å². The van der Waals surface area contributed by atoms with Gasteiger partial charge in [-0.3, -0.25) is 0 Å². The summed E-state index contributed by atoms with van der Waals surface area (Å²) in [4.78, 5) is 0. The molecule has 2 rings (SSSR count). The van der Waals surface area contributed by atoms with Crippen LogP contribution in [0.25, 0.3) is 0 Å². The van der Waals surface area contributed by atoms with E-state index in [9.17, 15) is 0 Å². The van der Waals surface area contributed by atoms with E-state index in [2.05, 4.69) is 18.3 Å². The van der Waals surface area contributed by atoms with Gasteiger partial charge in [0.2, 0.25) is 0 Å². The van der Waals surface area contributed by atoms with Gasteiger partial charge in [0.05, 0.1) is 10.7 Å². The summed E-state index contributed by atoms with van der Waals surface area (Å²) < 4.78 is 0. The lowest BCUT2D eigenvalue weighted by Gasteiger charge is -2.06. The Morgan fingerprint density at radius 2 is 2.42 bits per heavy atom. The normalized spacial score (nSPS) is 20.3. The molecule has 1 heterocycles. The van der Waals surface area contributed by atoms with Crippen molar-refractivity contribution >= 4 is 17.3 Å². The molecule has 1 aliphatic heterocycles. The van der Waals surface area contributed by atoms with E-state index in [1.54, 1.807) is 0 Å². The van der Waals surface area contributed by atoms with Crippen LogP contribution in [0.15, 0.2) is 18.2 Å². The van der Waals surface area contributed by atoms with E-state index >= 15 is 0 Å². The third-order valence-corrected chi connectivity index (χ3v) is 2.72. The number of benzene rings is 1. The van der Waals surface area contributed by atoms with Crippen LogP contribution in [-0.4, -0.2) is 6.04 Å². The fourth-order valence-corrected chi connectivity index (χ4v) is 1.92. The second-order valence-corrected chi connectivity index (χ2v) is 3.63. The summed E-state index contributed by atoms with van der Waals surface area (Å²) in [5, 5.41) is 4.27. The molecule has 1 atom stereocenters. The molecular formula is C10H12ClN. The summed E-state index contributed by atoms with van der Waals surface area (Å²) in [6, 6.07) is 6.68. The summed E-state index contributed by atoms with van der Waals surface area (Å²) in [6.45, 7) is 2.19. The van der Waals surface area contributed by atoms with Gasteiger partial charge in [-0.15, -0.1) is 0 Å². The van der Waals surface area contributed by atoms with Crippen LogP contribution in [0.2, 0.25) is 5.02 Å². The fourth-order valence-electron chi connectivity index (χ4n) is 1.67. The lowest BCUT2D eigenvalue weighted by molar-refractivity contribution is 0.723. The lowest BCUT2D eigenvalue weighted by Crippen LogP contribution is -2.12. The van der Waals surface area contributed by atoms with Crippen molar-refractivity contribution in [2.45, 2.75) is 25.8 Å². The maximum absolute atomic E-state index is 6.03. The molecule has 0 fully saturated rings. The molecule has 1 aromatic carbocycles. The number of hydrogen-bond donors (Lipinski definition) is 1. The Balaban J connectivity index is 2.35. The SMILES string of the molecule is CCC1Cc2cccc(Cl)c2N1. The highest BCUT2D eigenvalue weighted by Crippen LogP contribution is 2.33. The minimum absolute atomic E-state index is 0.583. The number of hydrogen-bond acceptors (Lipinski definition) is 1. The van der Waals surface area contributed by atoms with Crippen molar-refractivity contribution in [2.24, 2.45) is 0 Å². The predicted octanol–water partition coefficient (Wildman–Crippen LogP) is 3.09. The van der Waals surface area contributed by atoms with Crippen molar-refractivity contribution in [1.29, 1.82) is 0 Å². The van der Waals surface area contributed by atoms with Crippen LogP contribution in [0.1, 0.15) is 18.9 Å². The average Bonchev–Trinajstić information content (AvgIpc) is 2.49. The van der Waals surface area contributed by atoms with Crippen LogP contribution in [0.4, 0.5) is 5.69 Å². The van der Waals surface area contributed by atoms with Gasteiger partial charge in [-0.05, 0) is 24.5 Å². The zero-order valence-electron chi connectivity index (χ0n) is 7.10. The largest absolute Gasteiger partial charge is 0.381 e. The minimum Gasteiger partial charge on any atom is -0.381 e. The molecule has 2 heteroatoms. The first-order chi connectivity index (χ1) is 5.81. The molecule has 12 heavy (non-hydrogen) atoms. The molecule has 64 valence electrons. The molecule has 0 radical (unpaired) electrons. The summed E-state index contributed by atoms with van der Waals surface area (Å²) >= 11 is 6.03. The Bertz CT molecular complexity index is 296. The highest BCUT2D eigenvalue weighted by Gasteiger charge is 2.20. The van der Waals surface area contributed by atoms with Crippen LogP contribution in [0.3, 0.4) is 0 Å². The van der Waals surface area contributed by atoms with E-state index in [1.807, 2.05) is 12.1 Å². The number of nitrogens with one attached hydrogen (secondary N) is 1. The maximum Gasteiger partial charge on any atom is 0.0640 e. The van der Waals surface area contributed by atoms with Gasteiger partial charge in [-0.2, -0.15) is 0 Å². The van der Waals surface area contributed by atoms with E-state index in [0.29, 0.717) is 6.04 Å². The number of halogens is 1. The zero-order valence-corrected chi connectivity index (χ0v) is 7.86. The Morgan fingerprint density at radius 3 is 3.08 bits per heavy atom. The number of fused-ring (bicyclic) bond motifs is 1. The van der Waals surface area contributed by atoms with E-state index in [4.69, 9.17) is 11.6 Å². The lowest BCUT2D eigenvalue weighted by atomic mass is 10.1. The van der Waals surface area contributed by atoms with Crippen molar-refractivity contribution in [3.8, 4) is 0 Å². The summed E-state index contributed by atoms with van der Waals surface area (Å²) in [6.07, 6.45) is 2.28. The molecule has 0 spiro atoms. The number of anilines is 1. The molecule has 1 nitrogen and oxygen atoms in total. The summed E-state index contributed by atoms with van der Waals surface area (Å²) in [7, 11) is 0. The first-order valence-corrected chi connectivity index (χ1v) is 4.73. The van der Waals surface area contributed by atoms with Crippen LogP contribution in [0.5, 0.6) is 0 Å². The van der Waals surface area contributed by atoms with E-state index in [0.717, 1.165) is 23.6 Å². The highest BCUT2D eigenvalue weighted by molar-refractivity contribution is 6.33. The zero-order chi connectivity index (χ0) is 8.55. The molecule has 0 bridgehead atoms. The third kappa shape index (κ3) is 1.18. The molecule has 0 saturated carbocycles. The van der Waals surface area contributed by atoms with Gasteiger partial charge < -0.3 is 5.32 Å². The van der Waals surface area contributed by atoms with E-state index in [1.165, 1.54) is 5.56 Å². The molecule has 0 aromatic heterocycles. The van der Waals surface area contributed by atoms with Crippen LogP contribution >= 0.6 is 11.6 Å². The van der Waals surface area contributed by atoms with Crippen molar-refractivity contribution in [1.82, 2.24) is 0 Å². The molecule has 1 aromatic rings. The van der Waals surface area contributed by atoms with Gasteiger partial charge in [-0.25, -0.2) is 0 Å². The van der Waals surface area contributed by atoms with Gasteiger partial charge in [0.25, 0.3) is 0 Å². The van der Waals surface area contributed by atoms with Crippen molar-refractivity contribution < 1.29 is 0 Å². The molecular weight excluding hydrogens is 170 g/mol. The second kappa shape index (κ2) is 2.98. The van der Waals surface area contributed by atoms with Crippen LogP contribution in [-0.2, 0) is 6.42 Å². The fraction of sp³-hybridized carbons (Fsp3) is 0.400. The van der Waals surface area contributed by atoms with Gasteiger partial charge in [-0.1, -0.05) is 30.7 Å². The average molecular weight is 182 g/mol. The second-order valence-electron chi connectivity index (χ2n) is 3.23. The molecule has 0 amide bonds. The predicted molar refractivity (Wildman–Crippen MR) is 52.9 cm³/mol. The maximum atomic E-state index is 6.03. The highest BCUT2D eigenvalue weighted by atomic mass is 35.5. The molecule has 1 unspecified atom stereocenters. The van der Waals surface area contributed by atoms with Crippen molar-refractivity contribution in [3.05, 3.63) is 28.8 Å². The van der Waals surface area contributed by atoms with Gasteiger partial charge >= 0.3 is 0 Å². The number of para-hydroxylation sites is 1. The molecule has 1 N–H and O–H groups in total. The van der Waals surface area contributed by atoms with Gasteiger partial charge in [0.1, 0.15) is 0 Å². The van der Waals surface area contributed by atoms with Crippen LogP contribution in [0, 0.1) is 0 Å². The summed E-state index contributed by atoms with van der Waals surface area (Å²) in [5.74, 6) is 0. The van der Waals surface area contributed by atoms with Crippen molar-refractivity contribution in [2.75, 3.05) is 5.32 Å². The Morgan fingerprint density at radius 1 is 1.58 bits per heavy atom. The molecule has 0 aliphatic carbocycles. The van der Waals surface area contributed by atoms with E-state index < -0.39 is 0 Å². The van der Waals surface area contributed by atoms with Gasteiger partial charge in [0, 0.05) is 6.04 Å². The smallest absolute Gasteiger partial charge is 0.0640 e. The van der Waals surface area contributed by atoms with Gasteiger partial charge in [0.15, 0.2) is 0 Å². The monoisotopic (exact) mass is 181 g/mol. The van der Waals surface area contributed by atoms with Crippen molar-refractivity contribution in [3.63, 3.8) is 0 Å². The standard InChI is InChI=1S/C10H12ClN/c1-2-8-6-7-4-3-5-9(11)10(7)12-8/h3-5,8,12H,2,6H2,1H3. The topological polar surface area (TPSA) is 12.0 Å². The molecule has 0 saturated heterocycles. The Kier molecular flexibility index (Phi) is 1.97. The number of rotatable bonds is 1. The Hall–Kier alpha value is -0.690. The molecule has 1 aliphatic rings. The minimum atomic E-state index is 0.583. The quantitative estimate of drug-likeness (QED) is 0.702. The van der Waals surface area contributed by atoms with Crippen LogP contribution < -0.4 is 5.32 Å². The summed E-state index contributed by atoms with van der Waals surface area (Å²) in [5.41, 5.74) is 2.50. The first kappa shape index (κ1) is 7.93.